The lowest BCUT2D eigenvalue weighted by molar-refractivity contribution is 0.618. The molecule has 0 N–H and O–H groups in total. The molecule has 0 saturated carbocycles. The number of alkyl halides is 1. The minimum absolute atomic E-state index is 0.136. The fourth-order valence-corrected chi connectivity index (χ4v) is 2.74. The van der Waals surface area contributed by atoms with Crippen LogP contribution in [-0.2, 0) is 5.88 Å². The monoisotopic (exact) mass is 328 g/mol. The van der Waals surface area contributed by atoms with Gasteiger partial charge in [0.2, 0.25) is 0 Å². The van der Waals surface area contributed by atoms with Crippen LogP contribution in [0.2, 0.25) is 10.0 Å². The molecule has 0 unspecified atom stereocenters. The Labute approximate surface area is 129 Å². The normalized spacial score (nSPS) is 11.2. The van der Waals surface area contributed by atoms with Crippen molar-refractivity contribution in [2.75, 3.05) is 0 Å². The highest BCUT2D eigenvalue weighted by molar-refractivity contribution is 6.32. The van der Waals surface area contributed by atoms with Crippen LogP contribution in [-0.4, -0.2) is 9.55 Å². The van der Waals surface area contributed by atoms with Crippen LogP contribution >= 0.6 is 34.8 Å². The molecule has 3 rings (SSSR count). The van der Waals surface area contributed by atoms with Crippen LogP contribution in [0.1, 0.15) is 5.82 Å². The molecule has 102 valence electrons. The lowest BCUT2D eigenvalue weighted by Crippen LogP contribution is -2.03. The van der Waals surface area contributed by atoms with Gasteiger partial charge in [-0.3, -0.25) is 4.57 Å². The fraction of sp³-hybridized carbons (Fsp3) is 0.0714. The lowest BCUT2D eigenvalue weighted by Gasteiger charge is -2.10. The van der Waals surface area contributed by atoms with E-state index in [-0.39, 0.29) is 11.6 Å². The summed E-state index contributed by atoms with van der Waals surface area (Å²) in [6, 6.07) is 9.72. The molecule has 1 aromatic heterocycles. The molecule has 6 heteroatoms. The third kappa shape index (κ3) is 2.16. The van der Waals surface area contributed by atoms with Gasteiger partial charge in [0.25, 0.3) is 0 Å². The Morgan fingerprint density at radius 3 is 2.65 bits per heavy atom. The Morgan fingerprint density at radius 1 is 1.15 bits per heavy atom. The zero-order chi connectivity index (χ0) is 14.3. The van der Waals surface area contributed by atoms with Crippen LogP contribution in [0.3, 0.4) is 0 Å². The Kier molecular flexibility index (Phi) is 3.59. The van der Waals surface area contributed by atoms with Crippen LogP contribution in [0, 0.1) is 5.82 Å². The maximum atomic E-state index is 14.1. The molecular weight excluding hydrogens is 322 g/mol. The van der Waals surface area contributed by atoms with E-state index in [0.717, 1.165) is 0 Å². The quantitative estimate of drug-likeness (QED) is 0.590. The number of fused-ring (bicyclic) bond motifs is 1. The summed E-state index contributed by atoms with van der Waals surface area (Å²) in [5, 5.41) is 0.855. The van der Waals surface area contributed by atoms with Crippen molar-refractivity contribution < 1.29 is 4.39 Å². The van der Waals surface area contributed by atoms with Crippen molar-refractivity contribution >= 4 is 45.8 Å². The Balaban J connectivity index is 2.40. The summed E-state index contributed by atoms with van der Waals surface area (Å²) in [5.41, 5.74) is 1.60. The molecule has 0 saturated heterocycles. The second-order valence-corrected chi connectivity index (χ2v) is 5.31. The topological polar surface area (TPSA) is 17.8 Å². The molecule has 0 aliphatic rings. The SMILES string of the molecule is Fc1cccc(Cl)c1-n1c(CCl)nc2cc(Cl)ccc21. The molecule has 0 spiro atoms. The maximum absolute atomic E-state index is 14.1. The fourth-order valence-electron chi connectivity index (χ4n) is 2.15. The van der Waals surface area contributed by atoms with Crippen molar-refractivity contribution in [3.63, 3.8) is 0 Å². The first-order chi connectivity index (χ1) is 9.61. The summed E-state index contributed by atoms with van der Waals surface area (Å²) in [6.45, 7) is 0. The molecule has 2 nitrogen and oxygen atoms in total. The Morgan fingerprint density at radius 2 is 1.95 bits per heavy atom. The van der Waals surface area contributed by atoms with Gasteiger partial charge in [-0.15, -0.1) is 11.6 Å². The molecule has 2 aromatic carbocycles. The first kappa shape index (κ1) is 13.7. The third-order valence-corrected chi connectivity index (χ3v) is 3.75. The van der Waals surface area contributed by atoms with Gasteiger partial charge in [0.05, 0.1) is 21.9 Å². The summed E-state index contributed by atoms with van der Waals surface area (Å²) >= 11 is 18.0. The summed E-state index contributed by atoms with van der Waals surface area (Å²) in [4.78, 5) is 4.37. The summed E-state index contributed by atoms with van der Waals surface area (Å²) < 4.78 is 15.8. The van der Waals surface area contributed by atoms with Crippen molar-refractivity contribution in [2.24, 2.45) is 0 Å². The second-order valence-electron chi connectivity index (χ2n) is 4.20. The first-order valence-electron chi connectivity index (χ1n) is 5.79. The number of para-hydroxylation sites is 1. The second kappa shape index (κ2) is 5.24. The molecule has 1 heterocycles. The Bertz CT molecular complexity index is 778. The molecule has 0 aliphatic carbocycles. The van der Waals surface area contributed by atoms with Gasteiger partial charge < -0.3 is 0 Å². The maximum Gasteiger partial charge on any atom is 0.148 e. The molecule has 0 fully saturated rings. The van der Waals surface area contributed by atoms with Crippen molar-refractivity contribution in [3.05, 3.63) is 58.1 Å². The van der Waals surface area contributed by atoms with E-state index < -0.39 is 5.82 Å². The third-order valence-electron chi connectivity index (χ3n) is 2.97. The summed E-state index contributed by atoms with van der Waals surface area (Å²) in [5.74, 6) is 0.214. The molecular formula is C14H8Cl3FN2. The van der Waals surface area contributed by atoms with E-state index >= 15 is 0 Å². The smallest absolute Gasteiger partial charge is 0.148 e. The predicted octanol–water partition coefficient (Wildman–Crippen LogP) is 5.21. The number of aromatic nitrogens is 2. The average molecular weight is 330 g/mol. The van der Waals surface area contributed by atoms with Gasteiger partial charge in [-0.2, -0.15) is 0 Å². The molecule has 20 heavy (non-hydrogen) atoms. The highest BCUT2D eigenvalue weighted by Crippen LogP contribution is 2.30. The van der Waals surface area contributed by atoms with Gasteiger partial charge in [0.1, 0.15) is 17.3 Å². The van der Waals surface area contributed by atoms with E-state index in [0.29, 0.717) is 26.9 Å². The number of halogens is 4. The highest BCUT2D eigenvalue weighted by Gasteiger charge is 2.17. The molecule has 0 radical (unpaired) electrons. The van der Waals surface area contributed by atoms with E-state index in [4.69, 9.17) is 34.8 Å². The van der Waals surface area contributed by atoms with Gasteiger partial charge in [0, 0.05) is 5.02 Å². The Hall–Kier alpha value is -1.29. The standard InChI is InChI=1S/C14H8Cl3FN2/c15-7-13-19-11-6-8(16)4-5-12(11)20(13)14-9(17)2-1-3-10(14)18/h1-6H,7H2. The molecule has 0 aliphatic heterocycles. The van der Waals surface area contributed by atoms with E-state index in [2.05, 4.69) is 4.98 Å². The van der Waals surface area contributed by atoms with Crippen LogP contribution < -0.4 is 0 Å². The molecule has 0 atom stereocenters. The van der Waals surface area contributed by atoms with Crippen LogP contribution in [0.4, 0.5) is 4.39 Å². The number of benzene rings is 2. The number of rotatable bonds is 2. The number of hydrogen-bond donors (Lipinski definition) is 0. The lowest BCUT2D eigenvalue weighted by atomic mass is 10.2. The predicted molar refractivity (Wildman–Crippen MR) is 80.6 cm³/mol. The number of imidazole rings is 1. The van der Waals surface area contributed by atoms with Crippen LogP contribution in [0.25, 0.3) is 16.7 Å². The number of hydrogen-bond acceptors (Lipinski definition) is 1. The zero-order valence-corrected chi connectivity index (χ0v) is 12.3. The number of nitrogens with zero attached hydrogens (tertiary/aromatic N) is 2. The molecule has 0 amide bonds. The van der Waals surface area contributed by atoms with Crippen LogP contribution in [0.5, 0.6) is 0 Å². The highest BCUT2D eigenvalue weighted by atomic mass is 35.5. The van der Waals surface area contributed by atoms with E-state index in [9.17, 15) is 4.39 Å². The average Bonchev–Trinajstić information content (AvgIpc) is 2.76. The van der Waals surface area contributed by atoms with Crippen LogP contribution in [0.15, 0.2) is 36.4 Å². The van der Waals surface area contributed by atoms with Gasteiger partial charge in [0.15, 0.2) is 0 Å². The van der Waals surface area contributed by atoms with Crippen molar-refractivity contribution in [3.8, 4) is 5.69 Å². The van der Waals surface area contributed by atoms with Crippen molar-refractivity contribution in [1.82, 2.24) is 9.55 Å². The minimum Gasteiger partial charge on any atom is -0.291 e. The van der Waals surface area contributed by atoms with E-state index in [1.807, 2.05) is 0 Å². The van der Waals surface area contributed by atoms with Crippen molar-refractivity contribution in [1.29, 1.82) is 0 Å². The van der Waals surface area contributed by atoms with Crippen molar-refractivity contribution in [2.45, 2.75) is 5.88 Å². The zero-order valence-electron chi connectivity index (χ0n) is 10.1. The minimum atomic E-state index is -0.432. The van der Waals surface area contributed by atoms with Gasteiger partial charge >= 0.3 is 0 Å². The molecule has 0 bridgehead atoms. The van der Waals surface area contributed by atoms with Gasteiger partial charge in [-0.05, 0) is 30.3 Å². The van der Waals surface area contributed by atoms with E-state index in [1.54, 1.807) is 34.9 Å². The summed E-state index contributed by atoms with van der Waals surface area (Å²) in [7, 11) is 0. The van der Waals surface area contributed by atoms with E-state index in [1.165, 1.54) is 6.07 Å². The largest absolute Gasteiger partial charge is 0.291 e. The summed E-state index contributed by atoms with van der Waals surface area (Å²) in [6.07, 6.45) is 0. The molecule has 3 aromatic rings. The first-order valence-corrected chi connectivity index (χ1v) is 7.08. The van der Waals surface area contributed by atoms with Gasteiger partial charge in [-0.25, -0.2) is 9.37 Å². The van der Waals surface area contributed by atoms with Gasteiger partial charge in [-0.1, -0.05) is 29.3 Å².